The molecule has 7 heteroatoms. The van der Waals surface area contributed by atoms with E-state index in [1.54, 1.807) is 0 Å². The molecule has 0 spiro atoms. The van der Waals surface area contributed by atoms with Crippen molar-refractivity contribution in [2.75, 3.05) is 24.8 Å². The van der Waals surface area contributed by atoms with Gasteiger partial charge in [0.1, 0.15) is 5.69 Å². The molecule has 148 valence electrons. The number of rotatable bonds is 2. The Morgan fingerprint density at radius 1 is 1.00 bits per heavy atom. The smallest absolute Gasteiger partial charge is 0.275 e. The number of halogens is 2. The molecule has 0 fully saturated rings. The molecule has 3 aliphatic rings. The molecule has 0 radical (unpaired) electrons. The Balaban J connectivity index is 0.00000192. The van der Waals surface area contributed by atoms with E-state index in [4.69, 9.17) is 21.1 Å². The molecule has 2 aromatic rings. The lowest BCUT2D eigenvalue weighted by Gasteiger charge is -2.29. The molecular weight excluding hydrogens is 444 g/mol. The van der Waals surface area contributed by atoms with Crippen molar-refractivity contribution in [1.82, 2.24) is 0 Å². The van der Waals surface area contributed by atoms with Gasteiger partial charge in [0.05, 0.1) is 6.54 Å². The van der Waals surface area contributed by atoms with Crippen LogP contribution in [0.15, 0.2) is 42.5 Å². The van der Waals surface area contributed by atoms with Crippen molar-refractivity contribution < 1.29 is 19.2 Å². The van der Waals surface area contributed by atoms with E-state index in [9.17, 15) is 5.11 Å². The highest BCUT2D eigenvalue weighted by Gasteiger charge is 2.54. The Bertz CT molecular complexity index is 918. The maximum Gasteiger partial charge on any atom is 0.275 e. The fourth-order valence-corrected chi connectivity index (χ4v) is 4.47. The highest BCUT2D eigenvalue weighted by atomic mass is 79.9. The molecule has 0 aromatic heterocycles. The number of fused-ring (bicyclic) bond motifs is 1. The van der Waals surface area contributed by atoms with Gasteiger partial charge >= 0.3 is 0 Å². The molecule has 0 amide bonds. The molecule has 0 saturated heterocycles. The molecule has 28 heavy (non-hydrogen) atoms. The third-order valence-corrected chi connectivity index (χ3v) is 5.90. The standard InChI is InChI=1S/C21H22ClN2O3.BrH/c22-16-6-8-17(9-7-16)24-20-4-2-1-3-11-23(20)13-21(24,25)15-5-10-18-19(12-15)27-14-26-18;/h5-10,12,25H,1-4,11,13-14H2;1H/q+1;. The predicted octanol–water partition coefficient (Wildman–Crippen LogP) is 4.30. The molecule has 2 aromatic carbocycles. The van der Waals surface area contributed by atoms with Crippen LogP contribution in [-0.2, 0) is 5.72 Å². The van der Waals surface area contributed by atoms with Crippen molar-refractivity contribution in [3.63, 3.8) is 0 Å². The van der Waals surface area contributed by atoms with Gasteiger partial charge in [-0.05, 0) is 61.7 Å². The van der Waals surface area contributed by atoms with Crippen LogP contribution < -0.4 is 14.4 Å². The Morgan fingerprint density at radius 3 is 2.61 bits per heavy atom. The van der Waals surface area contributed by atoms with Gasteiger partial charge in [-0.25, -0.2) is 0 Å². The quantitative estimate of drug-likeness (QED) is 0.671. The summed E-state index contributed by atoms with van der Waals surface area (Å²) in [5.41, 5.74) is 0.586. The van der Waals surface area contributed by atoms with Gasteiger partial charge in [-0.3, -0.25) is 4.58 Å². The second-order valence-electron chi connectivity index (χ2n) is 7.34. The van der Waals surface area contributed by atoms with Gasteiger partial charge in [0.25, 0.3) is 11.6 Å². The number of hydrogen-bond donors (Lipinski definition) is 1. The molecule has 1 unspecified atom stereocenters. The zero-order valence-electron chi connectivity index (χ0n) is 15.4. The summed E-state index contributed by atoms with van der Waals surface area (Å²) in [6, 6.07) is 13.4. The summed E-state index contributed by atoms with van der Waals surface area (Å²) in [4.78, 5) is 2.08. The average molecular weight is 467 g/mol. The zero-order valence-corrected chi connectivity index (χ0v) is 17.9. The van der Waals surface area contributed by atoms with Gasteiger partial charge in [-0.2, -0.15) is 4.90 Å². The number of benzene rings is 2. The summed E-state index contributed by atoms with van der Waals surface area (Å²) < 4.78 is 13.3. The normalized spacial score (nSPS) is 23.3. The van der Waals surface area contributed by atoms with Gasteiger partial charge in [-0.1, -0.05) is 11.6 Å². The SMILES string of the molecule is Br.OC1(c2ccc3c(c2)OCO3)C[N+]2=C(CCCCC2)N1c1ccc(Cl)cc1. The maximum atomic E-state index is 11.9. The number of aliphatic hydroxyl groups is 1. The Morgan fingerprint density at radius 2 is 1.79 bits per heavy atom. The summed E-state index contributed by atoms with van der Waals surface area (Å²) in [6.45, 7) is 1.72. The van der Waals surface area contributed by atoms with Crippen LogP contribution in [0.5, 0.6) is 11.5 Å². The number of hydrogen-bond acceptors (Lipinski definition) is 4. The summed E-state index contributed by atoms with van der Waals surface area (Å²) in [7, 11) is 0. The molecule has 0 bridgehead atoms. The van der Waals surface area contributed by atoms with Gasteiger partial charge in [0.15, 0.2) is 18.0 Å². The summed E-state index contributed by atoms with van der Waals surface area (Å²) in [6.07, 6.45) is 4.45. The number of nitrogens with zero attached hydrogens (tertiary/aromatic N) is 2. The third kappa shape index (κ3) is 3.17. The van der Waals surface area contributed by atoms with Crippen molar-refractivity contribution in [3.05, 3.63) is 53.1 Å². The molecule has 5 rings (SSSR count). The summed E-state index contributed by atoms with van der Waals surface area (Å²) >= 11 is 6.11. The molecule has 3 aliphatic heterocycles. The van der Waals surface area contributed by atoms with E-state index in [1.165, 1.54) is 12.3 Å². The lowest BCUT2D eigenvalue weighted by Crippen LogP contribution is -2.47. The van der Waals surface area contributed by atoms with Crippen LogP contribution in [0.3, 0.4) is 0 Å². The van der Waals surface area contributed by atoms with Crippen LogP contribution in [0.4, 0.5) is 5.69 Å². The largest absolute Gasteiger partial charge is 0.454 e. The van der Waals surface area contributed by atoms with E-state index in [2.05, 4.69) is 9.48 Å². The number of anilines is 1. The van der Waals surface area contributed by atoms with Crippen LogP contribution >= 0.6 is 28.6 Å². The van der Waals surface area contributed by atoms with Crippen LogP contribution in [-0.4, -0.2) is 35.4 Å². The van der Waals surface area contributed by atoms with Crippen LogP contribution in [0.25, 0.3) is 0 Å². The Hall–Kier alpha value is -1.76. The molecular formula is C21H23BrClN2O3+. The van der Waals surface area contributed by atoms with Crippen molar-refractivity contribution in [3.8, 4) is 11.5 Å². The minimum Gasteiger partial charge on any atom is -0.454 e. The van der Waals surface area contributed by atoms with E-state index in [0.29, 0.717) is 17.3 Å². The van der Waals surface area contributed by atoms with Crippen LogP contribution in [0.1, 0.15) is 31.2 Å². The van der Waals surface area contributed by atoms with Crippen molar-refractivity contribution >= 4 is 40.1 Å². The first-order valence-electron chi connectivity index (χ1n) is 9.44. The topological polar surface area (TPSA) is 44.9 Å². The van der Waals surface area contributed by atoms with Crippen molar-refractivity contribution in [2.24, 2.45) is 0 Å². The Labute approximate surface area is 179 Å². The monoisotopic (exact) mass is 465 g/mol. The lowest BCUT2D eigenvalue weighted by atomic mass is 9.99. The third-order valence-electron chi connectivity index (χ3n) is 5.65. The highest BCUT2D eigenvalue weighted by molar-refractivity contribution is 8.93. The van der Waals surface area contributed by atoms with Gasteiger partial charge in [0.2, 0.25) is 6.79 Å². The van der Waals surface area contributed by atoms with E-state index in [1.807, 2.05) is 42.5 Å². The minimum atomic E-state index is -1.17. The fraction of sp³-hybridized carbons (Fsp3) is 0.381. The number of ether oxygens (including phenoxy) is 2. The Kier molecular flexibility index (Phi) is 5.29. The molecule has 3 heterocycles. The predicted molar refractivity (Wildman–Crippen MR) is 114 cm³/mol. The number of amidine groups is 1. The van der Waals surface area contributed by atoms with Crippen LogP contribution in [0, 0.1) is 0 Å². The highest BCUT2D eigenvalue weighted by Crippen LogP contribution is 2.42. The zero-order chi connectivity index (χ0) is 18.4. The molecule has 5 nitrogen and oxygen atoms in total. The van der Waals surface area contributed by atoms with Crippen LogP contribution in [0.2, 0.25) is 5.02 Å². The first-order chi connectivity index (χ1) is 13.1. The van der Waals surface area contributed by atoms with E-state index in [0.717, 1.165) is 42.8 Å². The van der Waals surface area contributed by atoms with Gasteiger partial charge in [-0.15, -0.1) is 17.0 Å². The second-order valence-corrected chi connectivity index (χ2v) is 7.78. The molecule has 1 N–H and O–H groups in total. The van der Waals surface area contributed by atoms with Gasteiger partial charge < -0.3 is 14.6 Å². The minimum absolute atomic E-state index is 0. The summed E-state index contributed by atoms with van der Waals surface area (Å²) in [5.74, 6) is 2.58. The average Bonchev–Trinajstić information content (AvgIpc) is 3.18. The van der Waals surface area contributed by atoms with Crippen molar-refractivity contribution in [2.45, 2.75) is 31.4 Å². The lowest BCUT2D eigenvalue weighted by molar-refractivity contribution is -0.534. The van der Waals surface area contributed by atoms with E-state index < -0.39 is 5.72 Å². The molecule has 0 aliphatic carbocycles. The van der Waals surface area contributed by atoms with E-state index >= 15 is 0 Å². The molecule has 0 saturated carbocycles. The maximum absolute atomic E-state index is 11.9. The van der Waals surface area contributed by atoms with E-state index in [-0.39, 0.29) is 23.8 Å². The first kappa shape index (κ1) is 19.6. The summed E-state index contributed by atoms with van der Waals surface area (Å²) in [5, 5.41) is 12.6. The first-order valence-corrected chi connectivity index (χ1v) is 9.82. The fourth-order valence-electron chi connectivity index (χ4n) is 4.34. The second kappa shape index (κ2) is 7.58. The van der Waals surface area contributed by atoms with Gasteiger partial charge in [0, 0.05) is 17.0 Å². The molecule has 1 atom stereocenters. The van der Waals surface area contributed by atoms with Crippen molar-refractivity contribution in [1.29, 1.82) is 0 Å².